The SMILES string of the molecule is CCOc1ccc(C(Br)CCC2CCCO2)cc1. The van der Waals surface area contributed by atoms with Crippen molar-refractivity contribution in [2.45, 2.75) is 43.5 Å². The molecule has 0 N–H and O–H groups in total. The third kappa shape index (κ3) is 3.99. The predicted octanol–water partition coefficient (Wildman–Crippen LogP) is 4.48. The van der Waals surface area contributed by atoms with Crippen LogP contribution in [0.25, 0.3) is 0 Å². The molecule has 0 spiro atoms. The first-order chi connectivity index (χ1) is 8.79. The van der Waals surface area contributed by atoms with E-state index in [2.05, 4.69) is 28.1 Å². The van der Waals surface area contributed by atoms with Crippen LogP contribution < -0.4 is 4.74 Å². The Morgan fingerprint density at radius 3 is 2.78 bits per heavy atom. The summed E-state index contributed by atoms with van der Waals surface area (Å²) in [6.45, 7) is 3.67. The third-order valence-electron chi connectivity index (χ3n) is 3.32. The highest BCUT2D eigenvalue weighted by molar-refractivity contribution is 9.09. The van der Waals surface area contributed by atoms with Crippen molar-refractivity contribution < 1.29 is 9.47 Å². The van der Waals surface area contributed by atoms with Crippen molar-refractivity contribution in [3.05, 3.63) is 29.8 Å². The predicted molar refractivity (Wildman–Crippen MR) is 77.5 cm³/mol. The Bertz CT molecular complexity index is 344. The molecule has 3 heteroatoms. The molecule has 2 unspecified atom stereocenters. The van der Waals surface area contributed by atoms with Crippen molar-refractivity contribution in [2.24, 2.45) is 0 Å². The van der Waals surface area contributed by atoms with Crippen molar-refractivity contribution in [1.29, 1.82) is 0 Å². The van der Waals surface area contributed by atoms with Gasteiger partial charge in [0.2, 0.25) is 0 Å². The Kier molecular flexibility index (Phi) is 5.51. The fourth-order valence-corrected chi connectivity index (χ4v) is 2.88. The van der Waals surface area contributed by atoms with Gasteiger partial charge in [-0.15, -0.1) is 0 Å². The lowest BCUT2D eigenvalue weighted by Gasteiger charge is -2.14. The monoisotopic (exact) mass is 312 g/mol. The van der Waals surface area contributed by atoms with Crippen LogP contribution in [-0.2, 0) is 4.74 Å². The van der Waals surface area contributed by atoms with Gasteiger partial charge >= 0.3 is 0 Å². The van der Waals surface area contributed by atoms with Gasteiger partial charge in [-0.25, -0.2) is 0 Å². The second-order valence-electron chi connectivity index (χ2n) is 4.68. The van der Waals surface area contributed by atoms with Gasteiger partial charge in [0.15, 0.2) is 0 Å². The molecule has 2 rings (SSSR count). The van der Waals surface area contributed by atoms with Crippen LogP contribution in [0.3, 0.4) is 0 Å². The molecule has 1 saturated heterocycles. The zero-order valence-corrected chi connectivity index (χ0v) is 12.5. The lowest BCUT2D eigenvalue weighted by atomic mass is 10.0. The molecular formula is C15H21BrO2. The topological polar surface area (TPSA) is 18.5 Å². The zero-order chi connectivity index (χ0) is 12.8. The Morgan fingerprint density at radius 2 is 2.17 bits per heavy atom. The summed E-state index contributed by atoms with van der Waals surface area (Å²) in [5, 5.41) is 0. The van der Waals surface area contributed by atoms with E-state index >= 15 is 0 Å². The smallest absolute Gasteiger partial charge is 0.119 e. The van der Waals surface area contributed by atoms with Crippen LogP contribution >= 0.6 is 15.9 Å². The molecular weight excluding hydrogens is 292 g/mol. The standard InChI is InChI=1S/C15H21BrO2/c1-2-17-14-7-5-12(6-8-14)15(16)10-9-13-4-3-11-18-13/h5-8,13,15H,2-4,9-11H2,1H3. The van der Waals surface area contributed by atoms with Crippen LogP contribution in [0, 0.1) is 0 Å². The average Bonchev–Trinajstić information content (AvgIpc) is 2.90. The van der Waals surface area contributed by atoms with Crippen LogP contribution in [0.4, 0.5) is 0 Å². The number of ether oxygens (including phenoxy) is 2. The first-order valence-corrected chi connectivity index (χ1v) is 7.69. The lowest BCUT2D eigenvalue weighted by molar-refractivity contribution is 0.102. The number of hydrogen-bond acceptors (Lipinski definition) is 2. The molecule has 0 aliphatic carbocycles. The summed E-state index contributed by atoms with van der Waals surface area (Å²) >= 11 is 3.76. The molecule has 2 nitrogen and oxygen atoms in total. The maximum atomic E-state index is 5.65. The highest BCUT2D eigenvalue weighted by atomic mass is 79.9. The number of rotatable bonds is 6. The molecule has 0 radical (unpaired) electrons. The molecule has 0 bridgehead atoms. The lowest BCUT2D eigenvalue weighted by Crippen LogP contribution is -2.05. The summed E-state index contributed by atoms with van der Waals surface area (Å²) in [5.74, 6) is 0.945. The Morgan fingerprint density at radius 1 is 1.39 bits per heavy atom. The van der Waals surface area contributed by atoms with Gasteiger partial charge in [-0.05, 0) is 50.3 Å². The van der Waals surface area contributed by atoms with E-state index in [1.54, 1.807) is 0 Å². The summed E-state index contributed by atoms with van der Waals surface area (Å²) in [7, 11) is 0. The van der Waals surface area contributed by atoms with Crippen molar-refractivity contribution in [1.82, 2.24) is 0 Å². The summed E-state index contributed by atoms with van der Waals surface area (Å²) in [4.78, 5) is 0.414. The van der Waals surface area contributed by atoms with E-state index in [9.17, 15) is 0 Å². The van der Waals surface area contributed by atoms with Crippen LogP contribution in [0.15, 0.2) is 24.3 Å². The number of alkyl halides is 1. The van der Waals surface area contributed by atoms with Gasteiger partial charge in [-0.2, -0.15) is 0 Å². The van der Waals surface area contributed by atoms with E-state index in [4.69, 9.17) is 9.47 Å². The molecule has 2 atom stereocenters. The van der Waals surface area contributed by atoms with Crippen molar-refractivity contribution in [3.63, 3.8) is 0 Å². The average molecular weight is 313 g/mol. The minimum Gasteiger partial charge on any atom is -0.494 e. The fraction of sp³-hybridized carbons (Fsp3) is 0.600. The number of benzene rings is 1. The quantitative estimate of drug-likeness (QED) is 0.721. The van der Waals surface area contributed by atoms with Gasteiger partial charge in [0, 0.05) is 11.4 Å². The van der Waals surface area contributed by atoms with Gasteiger partial charge in [-0.3, -0.25) is 0 Å². The Hall–Kier alpha value is -0.540. The summed E-state index contributed by atoms with van der Waals surface area (Å²) in [6, 6.07) is 8.36. The van der Waals surface area contributed by atoms with E-state index < -0.39 is 0 Å². The molecule has 0 saturated carbocycles. The molecule has 1 aromatic carbocycles. The summed E-state index contributed by atoms with van der Waals surface area (Å²) < 4.78 is 11.1. The van der Waals surface area contributed by atoms with Gasteiger partial charge < -0.3 is 9.47 Å². The minimum atomic E-state index is 0.414. The highest BCUT2D eigenvalue weighted by Gasteiger charge is 2.17. The van der Waals surface area contributed by atoms with E-state index in [-0.39, 0.29) is 0 Å². The first kappa shape index (κ1) is 13.9. The second kappa shape index (κ2) is 7.15. The molecule has 0 aromatic heterocycles. The van der Waals surface area contributed by atoms with Crippen molar-refractivity contribution in [3.8, 4) is 5.75 Å². The number of hydrogen-bond donors (Lipinski definition) is 0. The van der Waals surface area contributed by atoms with Gasteiger partial charge in [0.05, 0.1) is 12.7 Å². The summed E-state index contributed by atoms with van der Waals surface area (Å²) in [6.07, 6.45) is 5.19. The molecule has 1 aromatic rings. The van der Waals surface area contributed by atoms with E-state index in [0.717, 1.165) is 31.8 Å². The summed E-state index contributed by atoms with van der Waals surface area (Å²) in [5.41, 5.74) is 1.32. The van der Waals surface area contributed by atoms with Crippen LogP contribution in [-0.4, -0.2) is 19.3 Å². The van der Waals surface area contributed by atoms with Gasteiger partial charge in [0.25, 0.3) is 0 Å². The fourth-order valence-electron chi connectivity index (χ4n) is 2.31. The largest absolute Gasteiger partial charge is 0.494 e. The molecule has 1 heterocycles. The molecule has 0 amide bonds. The van der Waals surface area contributed by atoms with Crippen LogP contribution in [0.1, 0.15) is 43.0 Å². The van der Waals surface area contributed by atoms with E-state index in [0.29, 0.717) is 10.9 Å². The van der Waals surface area contributed by atoms with Crippen molar-refractivity contribution in [2.75, 3.05) is 13.2 Å². The van der Waals surface area contributed by atoms with Crippen LogP contribution in [0.2, 0.25) is 0 Å². The third-order valence-corrected chi connectivity index (χ3v) is 4.31. The first-order valence-electron chi connectivity index (χ1n) is 6.78. The molecule has 100 valence electrons. The second-order valence-corrected chi connectivity index (χ2v) is 5.79. The molecule has 1 fully saturated rings. The maximum absolute atomic E-state index is 5.65. The maximum Gasteiger partial charge on any atom is 0.119 e. The Labute approximate surface area is 118 Å². The molecule has 1 aliphatic heterocycles. The minimum absolute atomic E-state index is 0.414. The normalized spacial score (nSPS) is 20.9. The Balaban J connectivity index is 1.81. The van der Waals surface area contributed by atoms with Gasteiger partial charge in [0.1, 0.15) is 5.75 Å². The number of halogens is 1. The van der Waals surface area contributed by atoms with E-state index in [1.807, 2.05) is 19.1 Å². The highest BCUT2D eigenvalue weighted by Crippen LogP contribution is 2.31. The molecule has 18 heavy (non-hydrogen) atoms. The van der Waals surface area contributed by atoms with E-state index in [1.165, 1.54) is 18.4 Å². The van der Waals surface area contributed by atoms with Gasteiger partial charge in [-0.1, -0.05) is 28.1 Å². The van der Waals surface area contributed by atoms with Crippen LogP contribution in [0.5, 0.6) is 5.75 Å². The molecule has 1 aliphatic rings. The zero-order valence-electron chi connectivity index (χ0n) is 10.9. The van der Waals surface area contributed by atoms with Crippen molar-refractivity contribution >= 4 is 15.9 Å².